The van der Waals surface area contributed by atoms with Crippen molar-refractivity contribution in [2.75, 3.05) is 17.6 Å². The van der Waals surface area contributed by atoms with E-state index in [-0.39, 0.29) is 17.9 Å². The van der Waals surface area contributed by atoms with Crippen molar-refractivity contribution in [3.63, 3.8) is 0 Å². The number of nitrogens with one attached hydrogen (secondary N) is 1. The molecular formula is C27H24N6O2. The molecule has 8 nitrogen and oxygen atoms in total. The molecule has 0 spiro atoms. The van der Waals surface area contributed by atoms with Crippen molar-refractivity contribution in [1.82, 2.24) is 19.3 Å². The Bertz CT molecular complexity index is 1460. The van der Waals surface area contributed by atoms with Gasteiger partial charge in [0, 0.05) is 30.1 Å². The molecule has 8 heteroatoms. The number of carbonyl (C=O) groups excluding carboxylic acids is 2. The second kappa shape index (κ2) is 9.31. The standard InChI is InChI=1S/C27H24N6O2/c1-2-6-25(34)32-16-5-7-21(32)20-17-23(33-22(20)13-15-30-27(33)28)18-9-11-19(12-10-18)26(35)31-24-8-3-4-14-29-24/h3-4,8-15,17,21H,5,7,16H2,1H3,(H2,28,30)(H,29,31,35). The average Bonchev–Trinajstić information content (AvgIpc) is 3.51. The Morgan fingerprint density at radius 2 is 1.91 bits per heavy atom. The molecule has 35 heavy (non-hydrogen) atoms. The van der Waals surface area contributed by atoms with Crippen LogP contribution in [-0.4, -0.2) is 37.6 Å². The van der Waals surface area contributed by atoms with E-state index in [2.05, 4.69) is 33.2 Å². The number of rotatable bonds is 4. The van der Waals surface area contributed by atoms with Gasteiger partial charge in [-0.2, -0.15) is 0 Å². The number of pyridine rings is 1. The summed E-state index contributed by atoms with van der Waals surface area (Å²) >= 11 is 0. The first-order valence-electron chi connectivity index (χ1n) is 11.4. The van der Waals surface area contributed by atoms with E-state index in [1.54, 1.807) is 43.6 Å². The molecule has 1 aromatic carbocycles. The molecule has 1 aliphatic rings. The van der Waals surface area contributed by atoms with Gasteiger partial charge in [0.05, 0.1) is 17.3 Å². The molecule has 1 saturated heterocycles. The van der Waals surface area contributed by atoms with Crippen LogP contribution >= 0.6 is 0 Å². The molecule has 1 fully saturated rings. The Labute approximate surface area is 202 Å². The second-order valence-electron chi connectivity index (χ2n) is 8.29. The van der Waals surface area contributed by atoms with E-state index < -0.39 is 0 Å². The largest absolute Gasteiger partial charge is 0.369 e. The second-order valence-corrected chi connectivity index (χ2v) is 8.29. The van der Waals surface area contributed by atoms with E-state index in [0.29, 0.717) is 23.9 Å². The van der Waals surface area contributed by atoms with Crippen molar-refractivity contribution >= 4 is 29.1 Å². The molecule has 2 amide bonds. The predicted molar refractivity (Wildman–Crippen MR) is 134 cm³/mol. The summed E-state index contributed by atoms with van der Waals surface area (Å²) in [6.45, 7) is 2.34. The van der Waals surface area contributed by atoms with Gasteiger partial charge in [-0.3, -0.25) is 14.0 Å². The fraction of sp³-hybridized carbons (Fsp3) is 0.185. The average molecular weight is 465 g/mol. The maximum absolute atomic E-state index is 12.6. The number of nitrogens with zero attached hydrogens (tertiary/aromatic N) is 4. The van der Waals surface area contributed by atoms with Gasteiger partial charge in [0.1, 0.15) is 5.82 Å². The third-order valence-corrected chi connectivity index (χ3v) is 6.19. The minimum Gasteiger partial charge on any atom is -0.369 e. The third-order valence-electron chi connectivity index (χ3n) is 6.19. The Balaban J connectivity index is 1.51. The van der Waals surface area contributed by atoms with Crippen LogP contribution in [0.4, 0.5) is 11.8 Å². The summed E-state index contributed by atoms with van der Waals surface area (Å²) in [5.74, 6) is 5.82. The lowest BCUT2D eigenvalue weighted by Crippen LogP contribution is -2.29. The number of fused-ring (bicyclic) bond motifs is 1. The number of hydrogen-bond acceptors (Lipinski definition) is 5. The molecule has 0 saturated carbocycles. The van der Waals surface area contributed by atoms with Gasteiger partial charge in [0.25, 0.3) is 11.8 Å². The lowest BCUT2D eigenvalue weighted by atomic mass is 10.0. The topological polar surface area (TPSA) is 106 Å². The SMILES string of the molecule is CC#CC(=O)N1CCCC1c1cc(-c2ccc(C(=O)Nc3ccccn3)cc2)n2c(N)nccc12. The Morgan fingerprint density at radius 3 is 2.66 bits per heavy atom. The highest BCUT2D eigenvalue weighted by Gasteiger charge is 2.32. The fourth-order valence-corrected chi connectivity index (χ4v) is 4.61. The molecule has 1 aliphatic heterocycles. The molecule has 3 N–H and O–H groups in total. The van der Waals surface area contributed by atoms with Gasteiger partial charge in [-0.05, 0) is 67.6 Å². The molecule has 4 aromatic rings. The van der Waals surface area contributed by atoms with E-state index in [0.717, 1.165) is 35.2 Å². The number of carbonyl (C=O) groups is 2. The van der Waals surface area contributed by atoms with Crippen molar-refractivity contribution in [1.29, 1.82) is 0 Å². The number of aromatic nitrogens is 3. The summed E-state index contributed by atoms with van der Waals surface area (Å²) in [6, 6.07) is 16.5. The minimum atomic E-state index is -0.241. The summed E-state index contributed by atoms with van der Waals surface area (Å²) in [7, 11) is 0. The lowest BCUT2D eigenvalue weighted by molar-refractivity contribution is -0.125. The summed E-state index contributed by atoms with van der Waals surface area (Å²) in [5, 5.41) is 2.79. The zero-order valence-electron chi connectivity index (χ0n) is 19.2. The van der Waals surface area contributed by atoms with Gasteiger partial charge < -0.3 is 16.0 Å². The van der Waals surface area contributed by atoms with E-state index >= 15 is 0 Å². The number of anilines is 2. The molecule has 0 aliphatic carbocycles. The molecule has 1 unspecified atom stereocenters. The van der Waals surface area contributed by atoms with Crippen LogP contribution in [0.1, 0.15) is 41.7 Å². The summed E-state index contributed by atoms with van der Waals surface area (Å²) in [4.78, 5) is 35.5. The van der Waals surface area contributed by atoms with E-state index in [1.165, 1.54) is 0 Å². The minimum absolute atomic E-state index is 0.0858. The highest BCUT2D eigenvalue weighted by atomic mass is 16.2. The predicted octanol–water partition coefficient (Wildman–Crippen LogP) is 3.92. The normalized spacial score (nSPS) is 15.0. The van der Waals surface area contributed by atoms with E-state index in [1.807, 2.05) is 33.6 Å². The third kappa shape index (κ3) is 4.20. The van der Waals surface area contributed by atoms with Crippen molar-refractivity contribution in [2.45, 2.75) is 25.8 Å². The van der Waals surface area contributed by atoms with Gasteiger partial charge >= 0.3 is 0 Å². The molecule has 5 rings (SSSR count). The van der Waals surface area contributed by atoms with Gasteiger partial charge in [0.2, 0.25) is 5.95 Å². The van der Waals surface area contributed by atoms with Crippen LogP contribution in [-0.2, 0) is 4.79 Å². The zero-order chi connectivity index (χ0) is 24.4. The molecule has 3 aromatic heterocycles. The number of amides is 2. The Hall–Kier alpha value is -4.64. The molecular weight excluding hydrogens is 440 g/mol. The van der Waals surface area contributed by atoms with Crippen LogP contribution in [0.25, 0.3) is 16.8 Å². The first kappa shape index (κ1) is 22.2. The molecule has 1 atom stereocenters. The summed E-state index contributed by atoms with van der Waals surface area (Å²) < 4.78 is 1.89. The molecule has 0 radical (unpaired) electrons. The Morgan fingerprint density at radius 1 is 1.09 bits per heavy atom. The van der Waals surface area contributed by atoms with Crippen molar-refractivity contribution in [3.8, 4) is 23.1 Å². The number of hydrogen-bond donors (Lipinski definition) is 2. The maximum Gasteiger partial charge on any atom is 0.298 e. The van der Waals surface area contributed by atoms with E-state index in [9.17, 15) is 9.59 Å². The van der Waals surface area contributed by atoms with Crippen LogP contribution in [0.15, 0.2) is 67.0 Å². The first-order valence-corrected chi connectivity index (χ1v) is 11.4. The number of benzene rings is 1. The van der Waals surface area contributed by atoms with Crippen LogP contribution < -0.4 is 11.1 Å². The summed E-state index contributed by atoms with van der Waals surface area (Å²) in [6.07, 6.45) is 5.07. The molecule has 174 valence electrons. The molecule has 4 heterocycles. The monoisotopic (exact) mass is 464 g/mol. The first-order chi connectivity index (χ1) is 17.1. The lowest BCUT2D eigenvalue weighted by Gasteiger charge is -2.22. The zero-order valence-corrected chi connectivity index (χ0v) is 19.2. The molecule has 0 bridgehead atoms. The van der Waals surface area contributed by atoms with Crippen molar-refractivity contribution < 1.29 is 9.59 Å². The smallest absolute Gasteiger partial charge is 0.298 e. The quantitative estimate of drug-likeness (QED) is 0.446. The number of likely N-dealkylation sites (tertiary alicyclic amines) is 1. The van der Waals surface area contributed by atoms with Gasteiger partial charge in [-0.15, -0.1) is 0 Å². The number of nitrogen functional groups attached to an aromatic ring is 1. The van der Waals surface area contributed by atoms with Crippen LogP contribution in [0, 0.1) is 11.8 Å². The van der Waals surface area contributed by atoms with E-state index in [4.69, 9.17) is 5.73 Å². The summed E-state index contributed by atoms with van der Waals surface area (Å²) in [5.41, 5.74) is 10.4. The van der Waals surface area contributed by atoms with Gasteiger partial charge in [-0.25, -0.2) is 9.97 Å². The van der Waals surface area contributed by atoms with Gasteiger partial charge in [0.15, 0.2) is 0 Å². The van der Waals surface area contributed by atoms with Gasteiger partial charge in [-0.1, -0.05) is 24.1 Å². The van der Waals surface area contributed by atoms with Crippen LogP contribution in [0.5, 0.6) is 0 Å². The van der Waals surface area contributed by atoms with Crippen LogP contribution in [0.2, 0.25) is 0 Å². The maximum atomic E-state index is 12.6. The number of nitrogens with two attached hydrogens (primary N) is 1. The highest BCUT2D eigenvalue weighted by Crippen LogP contribution is 2.38. The fourth-order valence-electron chi connectivity index (χ4n) is 4.61. The Kier molecular flexibility index (Phi) is 5.90. The van der Waals surface area contributed by atoms with Crippen LogP contribution in [0.3, 0.4) is 0 Å². The van der Waals surface area contributed by atoms with Crippen molar-refractivity contribution in [2.24, 2.45) is 0 Å². The highest BCUT2D eigenvalue weighted by molar-refractivity contribution is 6.04. The van der Waals surface area contributed by atoms with Crippen molar-refractivity contribution in [3.05, 3.63) is 78.1 Å².